The maximum absolute atomic E-state index is 13.0. The van der Waals surface area contributed by atoms with Crippen LogP contribution in [-0.2, 0) is 17.9 Å². The van der Waals surface area contributed by atoms with E-state index in [1.165, 1.54) is 38.6 Å². The van der Waals surface area contributed by atoms with E-state index in [1.807, 2.05) is 26.0 Å². The Balaban J connectivity index is 1.64. The fourth-order valence-electron chi connectivity index (χ4n) is 4.10. The van der Waals surface area contributed by atoms with E-state index >= 15 is 0 Å². The summed E-state index contributed by atoms with van der Waals surface area (Å²) in [6.07, 6.45) is 2.58. The minimum absolute atomic E-state index is 0.0528. The van der Waals surface area contributed by atoms with Crippen LogP contribution in [0.25, 0.3) is 0 Å². The van der Waals surface area contributed by atoms with E-state index in [2.05, 4.69) is 28.8 Å². The highest BCUT2D eigenvalue weighted by atomic mass is 16.5. The Morgan fingerprint density at radius 2 is 1.65 bits per heavy atom. The first-order chi connectivity index (χ1) is 15.0. The summed E-state index contributed by atoms with van der Waals surface area (Å²) in [5.74, 6) is -0.0601. The zero-order chi connectivity index (χ0) is 22.2. The molecule has 6 heteroatoms. The van der Waals surface area contributed by atoms with Gasteiger partial charge in [-0.05, 0) is 23.6 Å². The number of carbonyl (C=O) groups excluding carboxylic acids is 2. The Morgan fingerprint density at radius 1 is 1.00 bits per heavy atom. The summed E-state index contributed by atoms with van der Waals surface area (Å²) in [5.41, 5.74) is 2.83. The highest BCUT2D eigenvalue weighted by Crippen LogP contribution is 2.18. The topological polar surface area (TPSA) is 71.9 Å². The van der Waals surface area contributed by atoms with Crippen LogP contribution in [0.2, 0.25) is 0 Å². The lowest BCUT2D eigenvalue weighted by Gasteiger charge is -2.23. The summed E-state index contributed by atoms with van der Waals surface area (Å²) in [4.78, 5) is 27.4. The zero-order valence-corrected chi connectivity index (χ0v) is 18.7. The molecule has 0 radical (unpaired) electrons. The molecule has 31 heavy (non-hydrogen) atoms. The summed E-state index contributed by atoms with van der Waals surface area (Å²) >= 11 is 0. The van der Waals surface area contributed by atoms with Crippen molar-refractivity contribution in [3.05, 3.63) is 65.2 Å². The molecule has 1 saturated heterocycles. The fourth-order valence-corrected chi connectivity index (χ4v) is 4.10. The molecular weight excluding hydrogens is 390 g/mol. The number of nitrogens with one attached hydrogen (secondary N) is 3. The number of benzene rings is 2. The van der Waals surface area contributed by atoms with Crippen molar-refractivity contribution in [3.63, 3.8) is 0 Å². The lowest BCUT2D eigenvalue weighted by atomic mass is 10.0. The lowest BCUT2D eigenvalue weighted by Crippen LogP contribution is -3.08. The molecule has 0 bridgehead atoms. The van der Waals surface area contributed by atoms with Gasteiger partial charge in [-0.25, -0.2) is 0 Å². The molecule has 0 saturated carbocycles. The van der Waals surface area contributed by atoms with Gasteiger partial charge in [0.25, 0.3) is 5.91 Å². The maximum atomic E-state index is 13.0. The third-order valence-corrected chi connectivity index (χ3v) is 5.91. The van der Waals surface area contributed by atoms with Crippen LogP contribution in [0.5, 0.6) is 5.75 Å². The van der Waals surface area contributed by atoms with Crippen LogP contribution < -0.4 is 20.3 Å². The van der Waals surface area contributed by atoms with Crippen LogP contribution in [0.4, 0.5) is 0 Å². The molecule has 1 fully saturated rings. The highest BCUT2D eigenvalue weighted by molar-refractivity contribution is 5.99. The number of para-hydroxylation sites is 1. The number of methoxy groups -OCH3 is 1. The van der Waals surface area contributed by atoms with Crippen molar-refractivity contribution in [2.75, 3.05) is 20.2 Å². The van der Waals surface area contributed by atoms with Crippen molar-refractivity contribution in [2.24, 2.45) is 5.92 Å². The number of amides is 2. The largest absolute Gasteiger partial charge is 0.496 e. The third kappa shape index (κ3) is 6.07. The standard InChI is InChI=1S/C25H33N3O3/c1-18(2)23(27-24(29)21-12-6-7-13-22(21)31-3)25(30)26-16-19-10-4-5-11-20(19)17-28-14-8-9-15-28/h4-7,10-13,18,23H,8-9,14-17H2,1-3H3,(H,26,30)(H,27,29)/p+1/t23-/m0/s1. The van der Waals surface area contributed by atoms with Gasteiger partial charge in [0.15, 0.2) is 0 Å². The maximum Gasteiger partial charge on any atom is 0.255 e. The number of hydrogen-bond acceptors (Lipinski definition) is 3. The van der Waals surface area contributed by atoms with E-state index in [-0.39, 0.29) is 17.7 Å². The normalized spacial score (nSPS) is 15.0. The minimum Gasteiger partial charge on any atom is -0.496 e. The summed E-state index contributed by atoms with van der Waals surface area (Å²) in [7, 11) is 1.53. The van der Waals surface area contributed by atoms with E-state index in [0.717, 1.165) is 12.1 Å². The van der Waals surface area contributed by atoms with Crippen LogP contribution in [0.3, 0.4) is 0 Å². The monoisotopic (exact) mass is 424 g/mol. The molecule has 2 aromatic rings. The van der Waals surface area contributed by atoms with Crippen LogP contribution in [-0.4, -0.2) is 38.1 Å². The summed E-state index contributed by atoms with van der Waals surface area (Å²) in [6.45, 7) is 7.73. The SMILES string of the molecule is COc1ccccc1C(=O)N[C@H](C(=O)NCc1ccccc1C[NH+]1CCCC1)C(C)C. The molecule has 2 amide bonds. The summed E-state index contributed by atoms with van der Waals surface area (Å²) in [5, 5.41) is 5.92. The second kappa shape index (κ2) is 11.0. The molecule has 0 spiro atoms. The second-order valence-electron chi connectivity index (χ2n) is 8.52. The quantitative estimate of drug-likeness (QED) is 0.576. The Hall–Kier alpha value is -2.86. The van der Waals surface area contributed by atoms with Crippen LogP contribution in [0.1, 0.15) is 48.2 Å². The first kappa shape index (κ1) is 22.8. The smallest absolute Gasteiger partial charge is 0.255 e. The molecule has 2 aromatic carbocycles. The molecule has 6 nitrogen and oxygen atoms in total. The van der Waals surface area contributed by atoms with E-state index in [9.17, 15) is 9.59 Å². The van der Waals surface area contributed by atoms with Crippen molar-refractivity contribution in [1.29, 1.82) is 0 Å². The molecular formula is C25H34N3O3+. The van der Waals surface area contributed by atoms with Crippen molar-refractivity contribution in [2.45, 2.75) is 45.8 Å². The number of carbonyl (C=O) groups is 2. The highest BCUT2D eigenvalue weighted by Gasteiger charge is 2.26. The van der Waals surface area contributed by atoms with E-state index in [0.29, 0.717) is 17.9 Å². The Labute approximate surface area is 185 Å². The number of hydrogen-bond donors (Lipinski definition) is 3. The van der Waals surface area contributed by atoms with Crippen molar-refractivity contribution in [1.82, 2.24) is 10.6 Å². The van der Waals surface area contributed by atoms with Gasteiger partial charge in [0.05, 0.1) is 25.8 Å². The minimum atomic E-state index is -0.631. The number of rotatable bonds is 9. The summed E-state index contributed by atoms with van der Waals surface area (Å²) in [6, 6.07) is 14.7. The fraction of sp³-hybridized carbons (Fsp3) is 0.440. The second-order valence-corrected chi connectivity index (χ2v) is 8.52. The predicted octanol–water partition coefficient (Wildman–Crippen LogP) is 1.94. The van der Waals surface area contributed by atoms with Gasteiger partial charge >= 0.3 is 0 Å². The Kier molecular flexibility index (Phi) is 8.06. The molecule has 166 valence electrons. The molecule has 1 atom stereocenters. The van der Waals surface area contributed by atoms with Crippen molar-refractivity contribution >= 4 is 11.8 Å². The lowest BCUT2D eigenvalue weighted by molar-refractivity contribution is -0.901. The Bertz CT molecular complexity index is 891. The van der Waals surface area contributed by atoms with Crippen LogP contribution in [0, 0.1) is 5.92 Å². The number of ether oxygens (including phenoxy) is 1. The molecule has 1 heterocycles. The first-order valence-corrected chi connectivity index (χ1v) is 11.1. The molecule has 3 N–H and O–H groups in total. The molecule has 1 aliphatic rings. The van der Waals surface area contributed by atoms with Gasteiger partial charge in [0, 0.05) is 24.9 Å². The van der Waals surface area contributed by atoms with E-state index in [4.69, 9.17) is 4.74 Å². The first-order valence-electron chi connectivity index (χ1n) is 11.1. The van der Waals surface area contributed by atoms with E-state index in [1.54, 1.807) is 23.1 Å². The molecule has 3 rings (SSSR count). The average molecular weight is 425 g/mol. The van der Waals surface area contributed by atoms with Gasteiger partial charge in [-0.15, -0.1) is 0 Å². The Morgan fingerprint density at radius 3 is 2.32 bits per heavy atom. The van der Waals surface area contributed by atoms with Crippen molar-refractivity contribution < 1.29 is 19.2 Å². The molecule has 0 aliphatic carbocycles. The van der Waals surface area contributed by atoms with Crippen LogP contribution in [0.15, 0.2) is 48.5 Å². The average Bonchev–Trinajstić information content (AvgIpc) is 3.29. The molecule has 0 unspecified atom stereocenters. The van der Waals surface area contributed by atoms with Gasteiger partial charge in [-0.3, -0.25) is 9.59 Å². The number of quaternary nitrogens is 1. The van der Waals surface area contributed by atoms with Gasteiger partial charge < -0.3 is 20.3 Å². The van der Waals surface area contributed by atoms with Crippen molar-refractivity contribution in [3.8, 4) is 5.75 Å². The third-order valence-electron chi connectivity index (χ3n) is 5.91. The van der Waals surface area contributed by atoms with Crippen LogP contribution >= 0.6 is 0 Å². The summed E-state index contributed by atoms with van der Waals surface area (Å²) < 4.78 is 5.28. The van der Waals surface area contributed by atoms with Gasteiger partial charge in [0.1, 0.15) is 18.3 Å². The predicted molar refractivity (Wildman–Crippen MR) is 121 cm³/mol. The van der Waals surface area contributed by atoms with Gasteiger partial charge in [0.2, 0.25) is 5.91 Å². The number of likely N-dealkylation sites (tertiary alicyclic amines) is 1. The molecule has 0 aromatic heterocycles. The van der Waals surface area contributed by atoms with Gasteiger partial charge in [-0.1, -0.05) is 50.2 Å². The van der Waals surface area contributed by atoms with E-state index < -0.39 is 6.04 Å². The van der Waals surface area contributed by atoms with Gasteiger partial charge in [-0.2, -0.15) is 0 Å². The zero-order valence-electron chi connectivity index (χ0n) is 18.7. The molecule has 1 aliphatic heterocycles.